The fourth-order valence-electron chi connectivity index (χ4n) is 3.01. The molecular formula is C18H25N5O3. The molecule has 140 valence electrons. The van der Waals surface area contributed by atoms with Gasteiger partial charge in [0.2, 0.25) is 0 Å². The number of aryl methyl sites for hydroxylation is 2. The number of ether oxygens (including phenoxy) is 1. The zero-order valence-corrected chi connectivity index (χ0v) is 15.6. The average Bonchev–Trinajstić information content (AvgIpc) is 2.95. The van der Waals surface area contributed by atoms with Crippen LogP contribution in [0.3, 0.4) is 0 Å². The number of rotatable bonds is 5. The molecule has 1 aliphatic rings. The van der Waals surface area contributed by atoms with E-state index < -0.39 is 0 Å². The highest BCUT2D eigenvalue weighted by Crippen LogP contribution is 2.18. The number of hydrogen-bond acceptors (Lipinski definition) is 7. The van der Waals surface area contributed by atoms with Gasteiger partial charge in [-0.3, -0.25) is 4.79 Å². The first-order valence-corrected chi connectivity index (χ1v) is 8.65. The molecule has 1 fully saturated rings. The molecule has 2 N–H and O–H groups in total. The smallest absolute Gasteiger partial charge is 0.287 e. The van der Waals surface area contributed by atoms with Crippen LogP contribution in [0.4, 0.5) is 11.6 Å². The molecule has 26 heavy (non-hydrogen) atoms. The number of carbonyl (C=O) groups excluding carboxylic acids is 1. The normalized spacial score (nSPS) is 19.8. The number of nitrogens with zero attached hydrogens (tertiary/aromatic N) is 3. The largest absolute Gasteiger partial charge is 0.456 e. The van der Waals surface area contributed by atoms with E-state index >= 15 is 0 Å². The zero-order valence-electron chi connectivity index (χ0n) is 15.6. The lowest BCUT2D eigenvalue weighted by molar-refractivity contribution is 0.0609. The van der Waals surface area contributed by atoms with E-state index in [1.54, 1.807) is 0 Å². The minimum Gasteiger partial charge on any atom is -0.456 e. The Balaban J connectivity index is 1.71. The summed E-state index contributed by atoms with van der Waals surface area (Å²) in [5.41, 5.74) is 0.836. The van der Waals surface area contributed by atoms with Crippen molar-refractivity contribution < 1.29 is 13.9 Å². The van der Waals surface area contributed by atoms with Crippen LogP contribution >= 0.6 is 0 Å². The van der Waals surface area contributed by atoms with Gasteiger partial charge < -0.3 is 24.7 Å². The van der Waals surface area contributed by atoms with E-state index in [0.717, 1.165) is 17.1 Å². The van der Waals surface area contributed by atoms with Crippen LogP contribution in [-0.2, 0) is 4.74 Å². The summed E-state index contributed by atoms with van der Waals surface area (Å²) in [5, 5.41) is 6.42. The van der Waals surface area contributed by atoms with Crippen molar-refractivity contribution in [1.82, 2.24) is 15.3 Å². The van der Waals surface area contributed by atoms with Crippen LogP contribution in [-0.4, -0.2) is 55.3 Å². The second-order valence-corrected chi connectivity index (χ2v) is 6.72. The van der Waals surface area contributed by atoms with Crippen molar-refractivity contribution in [2.75, 3.05) is 37.5 Å². The Morgan fingerprint density at radius 3 is 2.73 bits per heavy atom. The van der Waals surface area contributed by atoms with Gasteiger partial charge in [-0.15, -0.1) is 0 Å². The summed E-state index contributed by atoms with van der Waals surface area (Å²) in [6.07, 6.45) is 2.23. The summed E-state index contributed by atoms with van der Waals surface area (Å²) in [6.45, 7) is 4.79. The maximum Gasteiger partial charge on any atom is 0.287 e. The molecule has 1 aliphatic heterocycles. The van der Waals surface area contributed by atoms with Crippen molar-refractivity contribution in [3.05, 3.63) is 35.5 Å². The lowest BCUT2D eigenvalue weighted by Crippen LogP contribution is -2.52. The number of anilines is 2. The van der Waals surface area contributed by atoms with Crippen LogP contribution in [0.2, 0.25) is 0 Å². The maximum absolute atomic E-state index is 12.6. The van der Waals surface area contributed by atoms with Gasteiger partial charge in [-0.05, 0) is 26.3 Å². The Labute approximate surface area is 153 Å². The predicted octanol–water partition coefficient (Wildman–Crippen LogP) is 1.75. The van der Waals surface area contributed by atoms with Gasteiger partial charge in [0.25, 0.3) is 5.91 Å². The summed E-state index contributed by atoms with van der Waals surface area (Å²) in [4.78, 5) is 23.0. The monoisotopic (exact) mass is 359 g/mol. The standard InChI is InChI=1S/C18H25N5O3/c1-11-7-12(2)26-17(11)18(24)22-13-5-6-25-9-14(13)21-15-8-16(23(3)4)20-10-19-15/h7-8,10,13-14H,5-6,9H2,1-4H3,(H,22,24)(H,19,20,21)/t13-,14+/m0/s1. The summed E-state index contributed by atoms with van der Waals surface area (Å²) in [7, 11) is 3.85. The lowest BCUT2D eigenvalue weighted by atomic mass is 10.0. The fraction of sp³-hybridized carbons (Fsp3) is 0.500. The van der Waals surface area contributed by atoms with E-state index in [0.29, 0.717) is 31.2 Å². The molecular weight excluding hydrogens is 334 g/mol. The first kappa shape index (κ1) is 18.2. The first-order chi connectivity index (χ1) is 12.4. The highest BCUT2D eigenvalue weighted by molar-refractivity contribution is 5.93. The molecule has 1 amide bonds. The van der Waals surface area contributed by atoms with Gasteiger partial charge in [0.05, 0.1) is 18.7 Å². The van der Waals surface area contributed by atoms with Crippen molar-refractivity contribution in [3.63, 3.8) is 0 Å². The predicted molar refractivity (Wildman–Crippen MR) is 98.6 cm³/mol. The van der Waals surface area contributed by atoms with Crippen LogP contribution in [0.15, 0.2) is 22.9 Å². The van der Waals surface area contributed by atoms with E-state index in [2.05, 4.69) is 20.6 Å². The van der Waals surface area contributed by atoms with Gasteiger partial charge in [0.1, 0.15) is 23.7 Å². The second-order valence-electron chi connectivity index (χ2n) is 6.72. The molecule has 0 bridgehead atoms. The van der Waals surface area contributed by atoms with Crippen molar-refractivity contribution in [2.24, 2.45) is 0 Å². The van der Waals surface area contributed by atoms with Crippen molar-refractivity contribution in [1.29, 1.82) is 0 Å². The molecule has 2 atom stereocenters. The Bertz CT molecular complexity index is 774. The molecule has 0 radical (unpaired) electrons. The van der Waals surface area contributed by atoms with Crippen molar-refractivity contribution in [2.45, 2.75) is 32.4 Å². The SMILES string of the molecule is Cc1cc(C)c(C(=O)N[C@H]2CCOC[C@H]2Nc2cc(N(C)C)ncn2)o1. The second kappa shape index (κ2) is 7.74. The summed E-state index contributed by atoms with van der Waals surface area (Å²) in [5.74, 6) is 2.40. The topological polar surface area (TPSA) is 92.5 Å². The Hall–Kier alpha value is -2.61. The van der Waals surface area contributed by atoms with Gasteiger partial charge >= 0.3 is 0 Å². The third-order valence-corrected chi connectivity index (χ3v) is 4.36. The molecule has 0 aromatic carbocycles. The quantitative estimate of drug-likeness (QED) is 0.840. The molecule has 1 saturated heterocycles. The molecule has 3 rings (SSSR count). The lowest BCUT2D eigenvalue weighted by Gasteiger charge is -2.33. The minimum absolute atomic E-state index is 0.0844. The number of aromatic nitrogens is 2. The van der Waals surface area contributed by atoms with Gasteiger partial charge in [0.15, 0.2) is 5.76 Å². The minimum atomic E-state index is -0.203. The van der Waals surface area contributed by atoms with E-state index in [1.165, 1.54) is 6.33 Å². The van der Waals surface area contributed by atoms with E-state index in [9.17, 15) is 4.79 Å². The van der Waals surface area contributed by atoms with Crippen LogP contribution in [0.5, 0.6) is 0 Å². The summed E-state index contributed by atoms with van der Waals surface area (Å²) < 4.78 is 11.1. The van der Waals surface area contributed by atoms with Crippen LogP contribution < -0.4 is 15.5 Å². The first-order valence-electron chi connectivity index (χ1n) is 8.65. The third-order valence-electron chi connectivity index (χ3n) is 4.36. The average molecular weight is 359 g/mol. The molecule has 0 saturated carbocycles. The highest BCUT2D eigenvalue weighted by atomic mass is 16.5. The Morgan fingerprint density at radius 1 is 1.23 bits per heavy atom. The van der Waals surface area contributed by atoms with E-state index in [-0.39, 0.29) is 18.0 Å². The van der Waals surface area contributed by atoms with Gasteiger partial charge in [-0.2, -0.15) is 0 Å². The number of hydrogen-bond donors (Lipinski definition) is 2. The zero-order chi connectivity index (χ0) is 18.7. The highest BCUT2D eigenvalue weighted by Gasteiger charge is 2.29. The van der Waals surface area contributed by atoms with Gasteiger partial charge in [-0.1, -0.05) is 0 Å². The number of nitrogens with one attached hydrogen (secondary N) is 2. The number of furan rings is 1. The fourth-order valence-corrected chi connectivity index (χ4v) is 3.01. The van der Waals surface area contributed by atoms with Crippen molar-refractivity contribution >= 4 is 17.5 Å². The molecule has 8 nitrogen and oxygen atoms in total. The van der Waals surface area contributed by atoms with E-state index in [4.69, 9.17) is 9.15 Å². The molecule has 8 heteroatoms. The summed E-state index contributed by atoms with van der Waals surface area (Å²) >= 11 is 0. The van der Waals surface area contributed by atoms with Crippen molar-refractivity contribution in [3.8, 4) is 0 Å². The van der Waals surface area contributed by atoms with Gasteiger partial charge in [-0.25, -0.2) is 9.97 Å². The summed E-state index contributed by atoms with van der Waals surface area (Å²) in [6, 6.07) is 3.55. The third kappa shape index (κ3) is 4.13. The molecule has 2 aromatic rings. The van der Waals surface area contributed by atoms with Gasteiger partial charge in [0, 0.05) is 32.3 Å². The molecule has 0 aliphatic carbocycles. The maximum atomic E-state index is 12.6. The number of amides is 1. The van der Waals surface area contributed by atoms with Crippen LogP contribution in [0, 0.1) is 13.8 Å². The number of carbonyl (C=O) groups is 1. The Morgan fingerprint density at radius 2 is 2.04 bits per heavy atom. The Kier molecular flexibility index (Phi) is 5.41. The molecule has 3 heterocycles. The molecule has 2 aromatic heterocycles. The molecule has 0 unspecified atom stereocenters. The van der Waals surface area contributed by atoms with Crippen LogP contribution in [0.1, 0.15) is 28.3 Å². The van der Waals surface area contributed by atoms with E-state index in [1.807, 2.05) is 45.0 Å². The molecule has 0 spiro atoms. The van der Waals surface area contributed by atoms with Crippen LogP contribution in [0.25, 0.3) is 0 Å².